The lowest BCUT2D eigenvalue weighted by Gasteiger charge is -2.28. The molecule has 0 unspecified atom stereocenters. The number of ether oxygens (including phenoxy) is 1. The quantitative estimate of drug-likeness (QED) is 0.666. The predicted octanol–water partition coefficient (Wildman–Crippen LogP) is 3.39. The maximum absolute atomic E-state index is 13.0. The average Bonchev–Trinajstić information content (AvgIpc) is 2.75. The Hall–Kier alpha value is -3.00. The Morgan fingerprint density at radius 3 is 2.63 bits per heavy atom. The van der Waals surface area contributed by atoms with Gasteiger partial charge in [-0.15, -0.1) is 0 Å². The van der Waals surface area contributed by atoms with Crippen molar-refractivity contribution in [3.05, 3.63) is 41.1 Å². The molecule has 1 saturated carbocycles. The highest BCUT2D eigenvalue weighted by atomic mass is 16.5. The first-order chi connectivity index (χ1) is 14.5. The summed E-state index contributed by atoms with van der Waals surface area (Å²) in [6.07, 6.45) is 9.47. The van der Waals surface area contributed by atoms with Crippen LogP contribution in [0.1, 0.15) is 45.6 Å². The maximum Gasteiger partial charge on any atom is 0.258 e. The lowest BCUT2D eigenvalue weighted by atomic mass is 9.93. The molecule has 0 aliphatic heterocycles. The zero-order valence-corrected chi connectivity index (χ0v) is 17.6. The van der Waals surface area contributed by atoms with Crippen LogP contribution in [0.25, 0.3) is 22.0 Å². The molecule has 3 heterocycles. The van der Waals surface area contributed by atoms with Gasteiger partial charge in [0.2, 0.25) is 5.95 Å². The number of nitrogens with one attached hydrogen (secondary N) is 1. The van der Waals surface area contributed by atoms with E-state index in [1.165, 1.54) is 0 Å². The summed E-state index contributed by atoms with van der Waals surface area (Å²) in [5.74, 6) is 0.886. The number of methoxy groups -OCH3 is 1. The van der Waals surface area contributed by atoms with Crippen LogP contribution in [0.5, 0.6) is 0 Å². The van der Waals surface area contributed by atoms with E-state index >= 15 is 0 Å². The smallest absolute Gasteiger partial charge is 0.258 e. The van der Waals surface area contributed by atoms with Gasteiger partial charge in [0.15, 0.2) is 0 Å². The molecular formula is C22H28N6O2. The molecule has 0 bridgehead atoms. The number of fused-ring (bicyclic) bond motifs is 1. The molecule has 1 fully saturated rings. The monoisotopic (exact) mass is 408 g/mol. The van der Waals surface area contributed by atoms with Gasteiger partial charge in [-0.2, -0.15) is 0 Å². The number of anilines is 2. The fourth-order valence-electron chi connectivity index (χ4n) is 4.05. The standard InChI is InChI=1S/C22H28N6O2/c1-13(2)28-10-4-5-16(21(28)29)17-11-24-20(23)18-12-25-22(27-19(17)18)26-14-6-8-15(30-3)9-7-14/h4-5,10-15H,6-9H2,1-3H3,(H2,23,24)(H,25,26,27). The van der Waals surface area contributed by atoms with Crippen LogP contribution in [0.15, 0.2) is 35.5 Å². The van der Waals surface area contributed by atoms with Crippen LogP contribution in [-0.2, 0) is 4.74 Å². The third-order valence-corrected chi connectivity index (χ3v) is 5.81. The highest BCUT2D eigenvalue weighted by Gasteiger charge is 2.22. The van der Waals surface area contributed by atoms with Gasteiger partial charge in [-0.25, -0.2) is 15.0 Å². The van der Waals surface area contributed by atoms with E-state index in [0.29, 0.717) is 45.9 Å². The van der Waals surface area contributed by atoms with Gasteiger partial charge in [0, 0.05) is 43.3 Å². The minimum atomic E-state index is -0.0774. The number of hydrogen-bond acceptors (Lipinski definition) is 7. The molecule has 158 valence electrons. The maximum atomic E-state index is 13.0. The molecule has 0 amide bonds. The molecule has 8 heteroatoms. The normalized spacial score (nSPS) is 19.3. The second kappa shape index (κ2) is 8.39. The van der Waals surface area contributed by atoms with Gasteiger partial charge >= 0.3 is 0 Å². The minimum absolute atomic E-state index is 0.0551. The van der Waals surface area contributed by atoms with E-state index in [1.807, 2.05) is 19.9 Å². The zero-order valence-electron chi connectivity index (χ0n) is 17.6. The van der Waals surface area contributed by atoms with Crippen LogP contribution < -0.4 is 16.6 Å². The van der Waals surface area contributed by atoms with Crippen molar-refractivity contribution < 1.29 is 4.74 Å². The van der Waals surface area contributed by atoms with Crippen molar-refractivity contribution in [3.63, 3.8) is 0 Å². The Labute approximate surface area is 175 Å². The van der Waals surface area contributed by atoms with Gasteiger partial charge in [0.1, 0.15) is 5.82 Å². The van der Waals surface area contributed by atoms with E-state index in [-0.39, 0.29) is 11.6 Å². The topological polar surface area (TPSA) is 108 Å². The molecule has 30 heavy (non-hydrogen) atoms. The number of rotatable bonds is 5. The Bertz CT molecular complexity index is 1100. The molecule has 3 aromatic rings. The molecule has 8 nitrogen and oxygen atoms in total. The molecular weight excluding hydrogens is 380 g/mol. The Kier molecular flexibility index (Phi) is 5.67. The Morgan fingerprint density at radius 1 is 1.17 bits per heavy atom. The Balaban J connectivity index is 1.73. The van der Waals surface area contributed by atoms with E-state index in [1.54, 1.807) is 36.3 Å². The van der Waals surface area contributed by atoms with Gasteiger partial charge in [0.05, 0.1) is 22.6 Å². The van der Waals surface area contributed by atoms with E-state index in [2.05, 4.69) is 15.3 Å². The number of hydrogen-bond donors (Lipinski definition) is 2. The van der Waals surface area contributed by atoms with E-state index in [0.717, 1.165) is 25.7 Å². The molecule has 1 aliphatic carbocycles. The molecule has 3 aromatic heterocycles. The first-order valence-corrected chi connectivity index (χ1v) is 10.4. The number of pyridine rings is 2. The van der Waals surface area contributed by atoms with Gasteiger partial charge in [-0.1, -0.05) is 0 Å². The second-order valence-electron chi connectivity index (χ2n) is 8.09. The second-order valence-corrected chi connectivity index (χ2v) is 8.09. The third kappa shape index (κ3) is 3.87. The molecule has 0 saturated heterocycles. The first-order valence-electron chi connectivity index (χ1n) is 10.4. The summed E-state index contributed by atoms with van der Waals surface area (Å²) in [4.78, 5) is 26.5. The van der Waals surface area contributed by atoms with Crippen molar-refractivity contribution >= 4 is 22.7 Å². The molecule has 4 rings (SSSR count). The number of nitrogen functional groups attached to an aromatic ring is 1. The number of nitrogens with two attached hydrogens (primary N) is 1. The largest absolute Gasteiger partial charge is 0.383 e. The fourth-order valence-corrected chi connectivity index (χ4v) is 4.05. The van der Waals surface area contributed by atoms with Crippen LogP contribution in [0, 0.1) is 0 Å². The first kappa shape index (κ1) is 20.3. The van der Waals surface area contributed by atoms with Crippen LogP contribution in [0.3, 0.4) is 0 Å². The lowest BCUT2D eigenvalue weighted by Crippen LogP contribution is -2.29. The highest BCUT2D eigenvalue weighted by molar-refractivity contribution is 5.98. The van der Waals surface area contributed by atoms with Crippen LogP contribution in [-0.4, -0.2) is 38.8 Å². The van der Waals surface area contributed by atoms with Crippen molar-refractivity contribution in [1.29, 1.82) is 0 Å². The summed E-state index contributed by atoms with van der Waals surface area (Å²) in [6.45, 7) is 3.96. The summed E-state index contributed by atoms with van der Waals surface area (Å²) in [7, 11) is 1.77. The molecule has 0 spiro atoms. The van der Waals surface area contributed by atoms with Gasteiger partial charge in [0.25, 0.3) is 5.56 Å². The van der Waals surface area contributed by atoms with Crippen molar-refractivity contribution in [3.8, 4) is 11.1 Å². The van der Waals surface area contributed by atoms with Crippen molar-refractivity contribution in [1.82, 2.24) is 19.5 Å². The summed E-state index contributed by atoms with van der Waals surface area (Å²) in [5, 5.41) is 4.08. The Morgan fingerprint density at radius 2 is 1.93 bits per heavy atom. The predicted molar refractivity (Wildman–Crippen MR) is 119 cm³/mol. The summed E-state index contributed by atoms with van der Waals surface area (Å²) >= 11 is 0. The van der Waals surface area contributed by atoms with Gasteiger partial charge < -0.3 is 20.4 Å². The summed E-state index contributed by atoms with van der Waals surface area (Å²) in [5.41, 5.74) is 7.84. The van der Waals surface area contributed by atoms with E-state index in [9.17, 15) is 4.79 Å². The summed E-state index contributed by atoms with van der Waals surface area (Å²) < 4.78 is 7.15. The van der Waals surface area contributed by atoms with E-state index in [4.69, 9.17) is 15.5 Å². The van der Waals surface area contributed by atoms with Gasteiger partial charge in [-0.05, 0) is 51.7 Å². The molecule has 1 aliphatic rings. The fraction of sp³-hybridized carbons (Fsp3) is 0.455. The van der Waals surface area contributed by atoms with E-state index < -0.39 is 0 Å². The van der Waals surface area contributed by atoms with Crippen molar-refractivity contribution in [2.24, 2.45) is 0 Å². The number of nitrogens with zero attached hydrogens (tertiary/aromatic N) is 4. The van der Waals surface area contributed by atoms with Gasteiger partial charge in [-0.3, -0.25) is 4.79 Å². The SMILES string of the molecule is COC1CCC(Nc2ncc3c(N)ncc(-c4cccn(C(C)C)c4=O)c3n2)CC1. The number of aromatic nitrogens is 4. The molecule has 0 atom stereocenters. The summed E-state index contributed by atoms with van der Waals surface area (Å²) in [6, 6.07) is 4.02. The molecule has 0 radical (unpaired) electrons. The molecule has 0 aromatic carbocycles. The third-order valence-electron chi connectivity index (χ3n) is 5.81. The lowest BCUT2D eigenvalue weighted by molar-refractivity contribution is 0.0681. The average molecular weight is 409 g/mol. The van der Waals surface area contributed by atoms with Crippen LogP contribution in [0.2, 0.25) is 0 Å². The van der Waals surface area contributed by atoms with Crippen LogP contribution in [0.4, 0.5) is 11.8 Å². The molecule has 3 N–H and O–H groups in total. The van der Waals surface area contributed by atoms with Crippen LogP contribution >= 0.6 is 0 Å². The van der Waals surface area contributed by atoms with Crippen molar-refractivity contribution in [2.45, 2.75) is 57.7 Å². The minimum Gasteiger partial charge on any atom is -0.383 e. The zero-order chi connectivity index (χ0) is 21.3. The van der Waals surface area contributed by atoms with Crippen molar-refractivity contribution in [2.75, 3.05) is 18.2 Å². The highest BCUT2D eigenvalue weighted by Crippen LogP contribution is 2.29.